The minimum absolute atomic E-state index is 0.0741. The molecule has 7 heteroatoms. The van der Waals surface area contributed by atoms with Crippen LogP contribution in [0.15, 0.2) is 60.8 Å². The molecule has 0 radical (unpaired) electrons. The molecule has 0 bridgehead atoms. The fourth-order valence-corrected chi connectivity index (χ4v) is 2.21. The Morgan fingerprint density at radius 2 is 1.88 bits per heavy atom. The summed E-state index contributed by atoms with van der Waals surface area (Å²) < 4.78 is 26.5. The van der Waals surface area contributed by atoms with Crippen LogP contribution in [-0.4, -0.2) is 10.9 Å². The van der Waals surface area contributed by atoms with Crippen LogP contribution >= 0.6 is 0 Å². The third-order valence-electron chi connectivity index (χ3n) is 3.46. The number of benzene rings is 2. The highest BCUT2D eigenvalue weighted by Crippen LogP contribution is 2.18. The van der Waals surface area contributed by atoms with E-state index in [1.165, 1.54) is 12.3 Å². The Bertz CT molecular complexity index is 997. The lowest BCUT2D eigenvalue weighted by Gasteiger charge is -2.08. The largest absolute Gasteiger partial charge is 0.354 e. The SMILES string of the molecule is N#Cc1cccc(Nc2ccc(C(=O)Nc3ccc(F)cc3F)nc2)c1. The van der Waals surface area contributed by atoms with Crippen LogP contribution in [0, 0.1) is 23.0 Å². The van der Waals surface area contributed by atoms with Crippen molar-refractivity contribution in [3.63, 3.8) is 0 Å². The Morgan fingerprint density at radius 1 is 1.04 bits per heavy atom. The zero-order valence-electron chi connectivity index (χ0n) is 13.3. The van der Waals surface area contributed by atoms with E-state index in [2.05, 4.69) is 15.6 Å². The van der Waals surface area contributed by atoms with Crippen LogP contribution in [0.1, 0.15) is 16.1 Å². The van der Waals surface area contributed by atoms with Gasteiger partial charge in [0.25, 0.3) is 5.91 Å². The summed E-state index contributed by atoms with van der Waals surface area (Å²) in [6.07, 6.45) is 1.44. The van der Waals surface area contributed by atoms with E-state index in [0.29, 0.717) is 23.0 Å². The molecular weight excluding hydrogens is 338 g/mol. The molecule has 3 aromatic rings. The van der Waals surface area contributed by atoms with Gasteiger partial charge in [0.05, 0.1) is 29.2 Å². The highest BCUT2D eigenvalue weighted by molar-refractivity contribution is 6.03. The first-order valence-corrected chi connectivity index (χ1v) is 7.55. The van der Waals surface area contributed by atoms with Crippen molar-refractivity contribution >= 4 is 23.0 Å². The van der Waals surface area contributed by atoms with E-state index in [1.807, 2.05) is 6.07 Å². The smallest absolute Gasteiger partial charge is 0.274 e. The van der Waals surface area contributed by atoms with Crippen LogP contribution in [0.3, 0.4) is 0 Å². The molecule has 1 heterocycles. The number of nitriles is 1. The van der Waals surface area contributed by atoms with E-state index in [9.17, 15) is 13.6 Å². The molecule has 0 aliphatic carbocycles. The second-order valence-corrected chi connectivity index (χ2v) is 5.33. The van der Waals surface area contributed by atoms with Crippen molar-refractivity contribution in [2.24, 2.45) is 0 Å². The van der Waals surface area contributed by atoms with Gasteiger partial charge in [-0.1, -0.05) is 6.07 Å². The molecule has 0 aliphatic heterocycles. The van der Waals surface area contributed by atoms with Gasteiger partial charge in [-0.2, -0.15) is 5.26 Å². The molecule has 3 rings (SSSR count). The molecule has 0 fully saturated rings. The number of anilines is 3. The van der Waals surface area contributed by atoms with Crippen LogP contribution in [0.2, 0.25) is 0 Å². The van der Waals surface area contributed by atoms with Crippen LogP contribution in [0.4, 0.5) is 25.8 Å². The molecule has 0 aliphatic rings. The third kappa shape index (κ3) is 3.99. The summed E-state index contributed by atoms with van der Waals surface area (Å²) in [5.41, 5.74) is 1.78. The third-order valence-corrected chi connectivity index (χ3v) is 3.46. The summed E-state index contributed by atoms with van der Waals surface area (Å²) >= 11 is 0. The van der Waals surface area contributed by atoms with Gasteiger partial charge < -0.3 is 10.6 Å². The monoisotopic (exact) mass is 350 g/mol. The Kier molecular flexibility index (Phi) is 4.85. The normalized spacial score (nSPS) is 10.0. The molecule has 5 nitrogen and oxygen atoms in total. The number of carbonyl (C=O) groups is 1. The number of aromatic nitrogens is 1. The number of carbonyl (C=O) groups excluding carboxylic acids is 1. The van der Waals surface area contributed by atoms with Gasteiger partial charge in [-0.15, -0.1) is 0 Å². The van der Waals surface area contributed by atoms with Crippen molar-refractivity contribution in [3.8, 4) is 6.07 Å². The van der Waals surface area contributed by atoms with Gasteiger partial charge in [0, 0.05) is 11.8 Å². The fraction of sp³-hybridized carbons (Fsp3) is 0. The van der Waals surface area contributed by atoms with Gasteiger partial charge in [0.2, 0.25) is 0 Å². The topological polar surface area (TPSA) is 77.8 Å². The van der Waals surface area contributed by atoms with Gasteiger partial charge in [-0.05, 0) is 42.5 Å². The Morgan fingerprint density at radius 3 is 2.58 bits per heavy atom. The number of amides is 1. The summed E-state index contributed by atoms with van der Waals surface area (Å²) in [6, 6.07) is 14.9. The number of hydrogen-bond donors (Lipinski definition) is 2. The second-order valence-electron chi connectivity index (χ2n) is 5.33. The fourth-order valence-electron chi connectivity index (χ4n) is 2.21. The second kappa shape index (κ2) is 7.40. The molecule has 0 saturated carbocycles. The van der Waals surface area contributed by atoms with Crippen molar-refractivity contribution in [3.05, 3.63) is 83.7 Å². The molecule has 128 valence electrons. The van der Waals surface area contributed by atoms with E-state index in [1.54, 1.807) is 30.3 Å². The van der Waals surface area contributed by atoms with Crippen LogP contribution in [-0.2, 0) is 0 Å². The quantitative estimate of drug-likeness (QED) is 0.738. The van der Waals surface area contributed by atoms with Crippen LogP contribution in [0.5, 0.6) is 0 Å². The van der Waals surface area contributed by atoms with Gasteiger partial charge in [-0.25, -0.2) is 13.8 Å². The molecule has 1 amide bonds. The van der Waals surface area contributed by atoms with Crippen LogP contribution in [0.25, 0.3) is 0 Å². The van der Waals surface area contributed by atoms with Crippen LogP contribution < -0.4 is 10.6 Å². The van der Waals surface area contributed by atoms with Gasteiger partial charge in [0.1, 0.15) is 17.3 Å². The average Bonchev–Trinajstić information content (AvgIpc) is 2.64. The summed E-state index contributed by atoms with van der Waals surface area (Å²) in [5, 5.41) is 14.3. The van der Waals surface area contributed by atoms with Crippen molar-refractivity contribution in [2.75, 3.05) is 10.6 Å². The lowest BCUT2D eigenvalue weighted by atomic mass is 10.2. The highest BCUT2D eigenvalue weighted by Gasteiger charge is 2.11. The van der Waals surface area contributed by atoms with Crippen molar-refractivity contribution in [1.82, 2.24) is 4.98 Å². The molecule has 0 unspecified atom stereocenters. The first kappa shape index (κ1) is 17.0. The van der Waals surface area contributed by atoms with E-state index < -0.39 is 17.5 Å². The van der Waals surface area contributed by atoms with Crippen molar-refractivity contribution < 1.29 is 13.6 Å². The number of nitrogens with one attached hydrogen (secondary N) is 2. The Labute approximate surface area is 147 Å². The number of halogens is 2. The van der Waals surface area contributed by atoms with E-state index in [4.69, 9.17) is 5.26 Å². The maximum atomic E-state index is 13.6. The maximum absolute atomic E-state index is 13.6. The molecule has 0 spiro atoms. The number of hydrogen-bond acceptors (Lipinski definition) is 4. The number of nitrogens with zero attached hydrogens (tertiary/aromatic N) is 2. The summed E-state index contributed by atoms with van der Waals surface area (Å²) in [5.74, 6) is -2.21. The standard InChI is InChI=1S/C19H12F2N4O/c20-13-4-6-17(16(21)9-13)25-19(26)18-7-5-15(11-23-18)24-14-3-1-2-12(8-14)10-22/h1-9,11,24H,(H,25,26). The Balaban J connectivity index is 1.70. The summed E-state index contributed by atoms with van der Waals surface area (Å²) in [7, 11) is 0. The summed E-state index contributed by atoms with van der Waals surface area (Å²) in [4.78, 5) is 16.1. The predicted octanol–water partition coefficient (Wildman–Crippen LogP) is 4.23. The summed E-state index contributed by atoms with van der Waals surface area (Å²) in [6.45, 7) is 0. The van der Waals surface area contributed by atoms with Gasteiger partial charge in [-0.3, -0.25) is 4.79 Å². The van der Waals surface area contributed by atoms with Gasteiger partial charge >= 0.3 is 0 Å². The molecule has 0 saturated heterocycles. The van der Waals surface area contributed by atoms with E-state index in [0.717, 1.165) is 12.1 Å². The van der Waals surface area contributed by atoms with Crippen molar-refractivity contribution in [2.45, 2.75) is 0 Å². The minimum Gasteiger partial charge on any atom is -0.354 e. The lowest BCUT2D eigenvalue weighted by molar-refractivity contribution is 0.102. The zero-order valence-corrected chi connectivity index (χ0v) is 13.3. The van der Waals surface area contributed by atoms with Gasteiger partial charge in [0.15, 0.2) is 0 Å². The van der Waals surface area contributed by atoms with Crippen molar-refractivity contribution in [1.29, 1.82) is 5.26 Å². The first-order chi connectivity index (χ1) is 12.5. The molecule has 1 aromatic heterocycles. The minimum atomic E-state index is -0.867. The molecule has 26 heavy (non-hydrogen) atoms. The Hall–Kier alpha value is -3.79. The zero-order chi connectivity index (χ0) is 18.5. The molecule has 2 N–H and O–H groups in total. The molecule has 0 atom stereocenters. The van der Waals surface area contributed by atoms with E-state index >= 15 is 0 Å². The number of rotatable bonds is 4. The average molecular weight is 350 g/mol. The highest BCUT2D eigenvalue weighted by atomic mass is 19.1. The maximum Gasteiger partial charge on any atom is 0.274 e. The first-order valence-electron chi connectivity index (χ1n) is 7.55. The lowest BCUT2D eigenvalue weighted by Crippen LogP contribution is -2.14. The molecular formula is C19H12F2N4O. The number of pyridine rings is 1. The molecule has 2 aromatic carbocycles. The predicted molar refractivity (Wildman–Crippen MR) is 93.0 cm³/mol. The van der Waals surface area contributed by atoms with E-state index in [-0.39, 0.29) is 11.4 Å².